The average molecular weight is 351 g/mol. The van der Waals surface area contributed by atoms with Crippen LogP contribution < -0.4 is 0 Å². The maximum Gasteiger partial charge on any atom is 0.0696 e. The molecular weight excluding hydrogens is 326 g/mol. The van der Waals surface area contributed by atoms with Gasteiger partial charge in [0, 0.05) is 17.0 Å². The van der Waals surface area contributed by atoms with E-state index in [1.54, 1.807) is 0 Å². The van der Waals surface area contributed by atoms with Crippen molar-refractivity contribution in [3.63, 3.8) is 0 Å². The van der Waals surface area contributed by atoms with E-state index in [-0.39, 0.29) is 0 Å². The molecule has 0 heterocycles. The van der Waals surface area contributed by atoms with Gasteiger partial charge in [0.25, 0.3) is 0 Å². The third kappa shape index (κ3) is 2.75. The van der Waals surface area contributed by atoms with Gasteiger partial charge in [0.2, 0.25) is 0 Å². The lowest BCUT2D eigenvalue weighted by Gasteiger charge is -2.20. The SMILES string of the molecule is CC1=C(C)C(C)C(c2ccc3ccccc3c2C(=N)c2ccccc2)=C1C. The topological polar surface area (TPSA) is 23.9 Å². The number of rotatable bonds is 3. The molecule has 0 fully saturated rings. The second-order valence-corrected chi connectivity index (χ2v) is 7.52. The van der Waals surface area contributed by atoms with E-state index in [2.05, 4.69) is 64.1 Å². The highest BCUT2D eigenvalue weighted by molar-refractivity contribution is 6.20. The van der Waals surface area contributed by atoms with E-state index in [4.69, 9.17) is 5.41 Å². The van der Waals surface area contributed by atoms with E-state index in [0.717, 1.165) is 16.5 Å². The fourth-order valence-corrected chi connectivity index (χ4v) is 4.31. The van der Waals surface area contributed by atoms with Gasteiger partial charge in [-0.3, -0.25) is 5.41 Å². The van der Waals surface area contributed by atoms with Crippen molar-refractivity contribution in [2.45, 2.75) is 27.7 Å². The summed E-state index contributed by atoms with van der Waals surface area (Å²) in [6, 6.07) is 22.9. The first-order valence-corrected chi connectivity index (χ1v) is 9.55. The molecule has 1 atom stereocenters. The van der Waals surface area contributed by atoms with Gasteiger partial charge < -0.3 is 0 Å². The third-order valence-corrected chi connectivity index (χ3v) is 6.17. The Morgan fingerprint density at radius 1 is 0.778 bits per heavy atom. The molecule has 1 N–H and O–H groups in total. The molecule has 1 aliphatic carbocycles. The molecule has 1 heteroatoms. The summed E-state index contributed by atoms with van der Waals surface area (Å²) in [6.07, 6.45) is 0. The largest absolute Gasteiger partial charge is 0.300 e. The van der Waals surface area contributed by atoms with Crippen molar-refractivity contribution in [2.75, 3.05) is 0 Å². The quantitative estimate of drug-likeness (QED) is 0.490. The zero-order valence-corrected chi connectivity index (χ0v) is 16.4. The number of benzene rings is 3. The second-order valence-electron chi connectivity index (χ2n) is 7.52. The van der Waals surface area contributed by atoms with Gasteiger partial charge in [0.05, 0.1) is 5.71 Å². The summed E-state index contributed by atoms with van der Waals surface area (Å²) in [7, 11) is 0. The monoisotopic (exact) mass is 351 g/mol. The Morgan fingerprint density at radius 3 is 2.11 bits per heavy atom. The van der Waals surface area contributed by atoms with Crippen LogP contribution in [0.2, 0.25) is 0 Å². The molecule has 0 aliphatic heterocycles. The molecule has 27 heavy (non-hydrogen) atoms. The van der Waals surface area contributed by atoms with Crippen molar-refractivity contribution in [3.8, 4) is 0 Å². The van der Waals surface area contributed by atoms with Crippen LogP contribution in [-0.2, 0) is 0 Å². The number of hydrogen-bond donors (Lipinski definition) is 1. The third-order valence-electron chi connectivity index (χ3n) is 6.17. The molecule has 3 aromatic rings. The molecular formula is C26H25N. The van der Waals surface area contributed by atoms with Gasteiger partial charge in [0.1, 0.15) is 0 Å². The summed E-state index contributed by atoms with van der Waals surface area (Å²) in [6.45, 7) is 8.97. The molecule has 4 rings (SSSR count). The Morgan fingerprint density at radius 2 is 1.44 bits per heavy atom. The van der Waals surface area contributed by atoms with Crippen LogP contribution in [0.1, 0.15) is 44.4 Å². The highest BCUT2D eigenvalue weighted by Crippen LogP contribution is 2.44. The number of fused-ring (bicyclic) bond motifs is 1. The molecule has 0 aromatic heterocycles. The van der Waals surface area contributed by atoms with E-state index in [9.17, 15) is 0 Å². The highest BCUT2D eigenvalue weighted by Gasteiger charge is 2.28. The van der Waals surface area contributed by atoms with Crippen LogP contribution in [0.3, 0.4) is 0 Å². The lowest BCUT2D eigenvalue weighted by molar-refractivity contribution is 0.895. The average Bonchev–Trinajstić information content (AvgIpc) is 2.90. The van der Waals surface area contributed by atoms with E-state index in [1.165, 1.54) is 33.2 Å². The second kappa shape index (κ2) is 6.66. The van der Waals surface area contributed by atoms with Gasteiger partial charge >= 0.3 is 0 Å². The summed E-state index contributed by atoms with van der Waals surface area (Å²) in [5, 5.41) is 11.4. The molecule has 0 radical (unpaired) electrons. The summed E-state index contributed by atoms with van der Waals surface area (Å²) in [4.78, 5) is 0. The van der Waals surface area contributed by atoms with Crippen LogP contribution in [0.25, 0.3) is 16.3 Å². The fourth-order valence-electron chi connectivity index (χ4n) is 4.31. The first kappa shape index (κ1) is 17.5. The van der Waals surface area contributed by atoms with Crippen molar-refractivity contribution < 1.29 is 0 Å². The zero-order valence-electron chi connectivity index (χ0n) is 16.4. The summed E-state index contributed by atoms with van der Waals surface area (Å²) in [5.41, 5.74) is 9.35. The number of allylic oxidation sites excluding steroid dienone is 4. The maximum atomic E-state index is 9.05. The molecule has 0 spiro atoms. The van der Waals surface area contributed by atoms with Crippen molar-refractivity contribution in [1.29, 1.82) is 5.41 Å². The van der Waals surface area contributed by atoms with Gasteiger partial charge in [-0.15, -0.1) is 0 Å². The zero-order chi connectivity index (χ0) is 19.1. The first-order chi connectivity index (χ1) is 13.0. The minimum atomic E-state index is 0.383. The summed E-state index contributed by atoms with van der Waals surface area (Å²) < 4.78 is 0. The maximum absolute atomic E-state index is 9.05. The Bertz CT molecular complexity index is 1110. The lowest BCUT2D eigenvalue weighted by Crippen LogP contribution is -2.09. The van der Waals surface area contributed by atoms with Crippen LogP contribution in [0.15, 0.2) is 83.4 Å². The first-order valence-electron chi connectivity index (χ1n) is 9.55. The minimum absolute atomic E-state index is 0.383. The van der Waals surface area contributed by atoms with Gasteiger partial charge in [-0.1, -0.05) is 79.2 Å². The highest BCUT2D eigenvalue weighted by atomic mass is 14.4. The molecule has 3 aromatic carbocycles. The molecule has 134 valence electrons. The van der Waals surface area contributed by atoms with Crippen LogP contribution >= 0.6 is 0 Å². The van der Waals surface area contributed by atoms with Crippen molar-refractivity contribution >= 4 is 22.1 Å². The molecule has 1 aliphatic rings. The molecule has 0 amide bonds. The van der Waals surface area contributed by atoms with Crippen molar-refractivity contribution in [3.05, 3.63) is 100 Å². The van der Waals surface area contributed by atoms with Crippen LogP contribution in [0.4, 0.5) is 0 Å². The van der Waals surface area contributed by atoms with E-state index in [0.29, 0.717) is 11.6 Å². The van der Waals surface area contributed by atoms with Gasteiger partial charge in [-0.05, 0) is 53.8 Å². The van der Waals surface area contributed by atoms with Crippen LogP contribution in [-0.4, -0.2) is 5.71 Å². The van der Waals surface area contributed by atoms with E-state index < -0.39 is 0 Å². The minimum Gasteiger partial charge on any atom is -0.300 e. The predicted octanol–water partition coefficient (Wildman–Crippen LogP) is 7.02. The van der Waals surface area contributed by atoms with E-state index in [1.807, 2.05) is 30.3 Å². The Hall–Kier alpha value is -2.93. The van der Waals surface area contributed by atoms with Gasteiger partial charge in [-0.25, -0.2) is 0 Å². The Labute approximate surface area is 161 Å². The smallest absolute Gasteiger partial charge is 0.0696 e. The molecule has 0 bridgehead atoms. The fraction of sp³-hybridized carbons (Fsp3) is 0.192. The standard InChI is InChI=1S/C26H25N/c1-16-17(2)19(4)24(18(16)3)23-15-14-20-10-8-9-13-22(20)25(23)26(27)21-11-6-5-7-12-21/h5-15,18,27H,1-4H3. The number of nitrogens with one attached hydrogen (secondary N) is 1. The van der Waals surface area contributed by atoms with Crippen LogP contribution in [0, 0.1) is 11.3 Å². The van der Waals surface area contributed by atoms with Gasteiger partial charge in [-0.2, -0.15) is 0 Å². The predicted molar refractivity (Wildman–Crippen MR) is 116 cm³/mol. The molecule has 1 nitrogen and oxygen atoms in total. The van der Waals surface area contributed by atoms with Gasteiger partial charge in [0.15, 0.2) is 0 Å². The number of hydrogen-bond acceptors (Lipinski definition) is 1. The van der Waals surface area contributed by atoms with Crippen molar-refractivity contribution in [1.82, 2.24) is 0 Å². The van der Waals surface area contributed by atoms with E-state index >= 15 is 0 Å². The van der Waals surface area contributed by atoms with Crippen molar-refractivity contribution in [2.24, 2.45) is 5.92 Å². The molecule has 0 saturated heterocycles. The Kier molecular flexibility index (Phi) is 4.31. The van der Waals surface area contributed by atoms with Crippen LogP contribution in [0.5, 0.6) is 0 Å². The normalized spacial score (nSPS) is 17.1. The summed E-state index contributed by atoms with van der Waals surface area (Å²) >= 11 is 0. The Balaban J connectivity index is 2.02. The lowest BCUT2D eigenvalue weighted by atomic mass is 9.84. The molecule has 1 unspecified atom stereocenters. The molecule has 0 saturated carbocycles. The summed E-state index contributed by atoms with van der Waals surface area (Å²) in [5.74, 6) is 0.383.